The van der Waals surface area contributed by atoms with Crippen LogP contribution in [0.4, 0.5) is 0 Å². The highest BCUT2D eigenvalue weighted by Crippen LogP contribution is 2.38. The minimum absolute atomic E-state index is 0.168. The van der Waals surface area contributed by atoms with Crippen molar-refractivity contribution in [1.82, 2.24) is 4.57 Å². The van der Waals surface area contributed by atoms with Crippen molar-refractivity contribution >= 4 is 21.8 Å². The third kappa shape index (κ3) is 3.27. The highest BCUT2D eigenvalue weighted by atomic mass is 15.0. The fourth-order valence-corrected chi connectivity index (χ4v) is 4.13. The van der Waals surface area contributed by atoms with Gasteiger partial charge in [-0.3, -0.25) is 0 Å². The molecule has 0 spiro atoms. The summed E-state index contributed by atoms with van der Waals surface area (Å²) in [5, 5.41) is 2.69. The summed E-state index contributed by atoms with van der Waals surface area (Å²) in [6.07, 6.45) is 2.25. The van der Waals surface area contributed by atoms with Gasteiger partial charge < -0.3 is 4.57 Å². The maximum Gasteiger partial charge on any atom is 0.0544 e. The summed E-state index contributed by atoms with van der Waals surface area (Å²) in [6.45, 7) is 13.9. The zero-order valence-electron chi connectivity index (χ0n) is 18.7. The van der Waals surface area contributed by atoms with Crippen LogP contribution >= 0.6 is 0 Å². The van der Waals surface area contributed by atoms with Gasteiger partial charge in [-0.1, -0.05) is 77.9 Å². The zero-order chi connectivity index (χ0) is 20.8. The molecule has 0 amide bonds. The Morgan fingerprint density at radius 2 is 1.21 bits per heavy atom. The summed E-state index contributed by atoms with van der Waals surface area (Å²) in [6, 6.07) is 24.9. The molecule has 4 rings (SSSR count). The summed E-state index contributed by atoms with van der Waals surface area (Å²) in [7, 11) is 0. The van der Waals surface area contributed by atoms with E-state index in [1.165, 1.54) is 38.6 Å². The van der Waals surface area contributed by atoms with Crippen LogP contribution in [0, 0.1) is 0 Å². The highest BCUT2D eigenvalue weighted by Gasteiger charge is 2.23. The monoisotopic (exact) mass is 383 g/mol. The molecule has 0 aliphatic rings. The van der Waals surface area contributed by atoms with Crippen molar-refractivity contribution in [2.75, 3.05) is 0 Å². The van der Waals surface area contributed by atoms with Crippen LogP contribution in [0.3, 0.4) is 0 Å². The molecule has 0 radical (unpaired) electrons. The fourth-order valence-electron chi connectivity index (χ4n) is 4.13. The number of fused-ring (bicyclic) bond motifs is 3. The van der Waals surface area contributed by atoms with Crippen LogP contribution in [-0.2, 0) is 10.8 Å². The smallest absolute Gasteiger partial charge is 0.0544 e. The Bertz CT molecular complexity index is 1160. The van der Waals surface area contributed by atoms with Gasteiger partial charge in [0.15, 0.2) is 0 Å². The quantitative estimate of drug-likeness (QED) is 0.327. The first-order valence-electron chi connectivity index (χ1n) is 10.9. The molecule has 0 saturated heterocycles. The minimum Gasteiger partial charge on any atom is -0.309 e. The zero-order valence-corrected chi connectivity index (χ0v) is 18.7. The van der Waals surface area contributed by atoms with E-state index < -0.39 is 0 Å². The Labute approximate surface area is 175 Å². The van der Waals surface area contributed by atoms with E-state index in [1.54, 1.807) is 0 Å². The summed E-state index contributed by atoms with van der Waals surface area (Å²) in [5.74, 6) is 0. The van der Waals surface area contributed by atoms with E-state index in [0.29, 0.717) is 0 Å². The van der Waals surface area contributed by atoms with Crippen LogP contribution in [0.15, 0.2) is 66.7 Å². The van der Waals surface area contributed by atoms with Crippen molar-refractivity contribution in [3.8, 4) is 5.69 Å². The Hall–Kier alpha value is -2.54. The van der Waals surface area contributed by atoms with Crippen LogP contribution in [0.25, 0.3) is 27.5 Å². The molecule has 1 heteroatoms. The Morgan fingerprint density at radius 1 is 0.621 bits per heavy atom. The lowest BCUT2D eigenvalue weighted by Gasteiger charge is -2.23. The van der Waals surface area contributed by atoms with E-state index in [1.807, 2.05) is 0 Å². The third-order valence-electron chi connectivity index (χ3n) is 7.11. The van der Waals surface area contributed by atoms with Crippen LogP contribution < -0.4 is 0 Å². The Morgan fingerprint density at radius 3 is 1.83 bits per heavy atom. The molecule has 0 aliphatic heterocycles. The number of hydrogen-bond donors (Lipinski definition) is 0. The maximum absolute atomic E-state index is 2.43. The van der Waals surface area contributed by atoms with E-state index in [2.05, 4.69) is 113 Å². The van der Waals surface area contributed by atoms with E-state index in [9.17, 15) is 0 Å². The molecule has 0 fully saturated rings. The standard InChI is InChI=1S/C28H33N/c1-7-27(3,4)20-15-17-25-24(18-20)23-16-14-21(28(5,6)8-2)19-26(23)29(25)22-12-10-9-11-13-22/h9-19H,7-8H2,1-6H3. The van der Waals surface area contributed by atoms with Crippen molar-refractivity contribution in [3.05, 3.63) is 77.9 Å². The fraction of sp³-hybridized carbons (Fsp3) is 0.357. The van der Waals surface area contributed by atoms with Crippen molar-refractivity contribution in [3.63, 3.8) is 0 Å². The summed E-state index contributed by atoms with van der Waals surface area (Å²) in [4.78, 5) is 0. The highest BCUT2D eigenvalue weighted by molar-refractivity contribution is 6.09. The molecule has 1 nitrogen and oxygen atoms in total. The van der Waals surface area contributed by atoms with Crippen molar-refractivity contribution in [2.24, 2.45) is 0 Å². The molecule has 1 heterocycles. The van der Waals surface area contributed by atoms with E-state index in [0.717, 1.165) is 12.8 Å². The lowest BCUT2D eigenvalue weighted by atomic mass is 9.81. The number of aromatic nitrogens is 1. The average molecular weight is 384 g/mol. The molecule has 0 bridgehead atoms. The van der Waals surface area contributed by atoms with Gasteiger partial charge in [0.2, 0.25) is 0 Å². The molecule has 4 aromatic rings. The van der Waals surface area contributed by atoms with Gasteiger partial charge in [-0.2, -0.15) is 0 Å². The minimum atomic E-state index is 0.168. The van der Waals surface area contributed by atoms with Crippen molar-refractivity contribution in [1.29, 1.82) is 0 Å². The molecule has 0 aliphatic carbocycles. The molecular weight excluding hydrogens is 350 g/mol. The van der Waals surface area contributed by atoms with Gasteiger partial charge in [0.25, 0.3) is 0 Å². The Balaban J connectivity index is 2.09. The van der Waals surface area contributed by atoms with Gasteiger partial charge in [0.1, 0.15) is 0 Å². The third-order valence-corrected chi connectivity index (χ3v) is 7.11. The van der Waals surface area contributed by atoms with Crippen molar-refractivity contribution in [2.45, 2.75) is 65.2 Å². The molecule has 0 unspecified atom stereocenters. The van der Waals surface area contributed by atoms with Gasteiger partial charge in [-0.25, -0.2) is 0 Å². The molecule has 3 aromatic carbocycles. The lowest BCUT2D eigenvalue weighted by molar-refractivity contribution is 0.507. The van der Waals surface area contributed by atoms with Crippen LogP contribution in [0.5, 0.6) is 0 Å². The average Bonchev–Trinajstić information content (AvgIpc) is 3.07. The number of rotatable bonds is 5. The number of benzene rings is 3. The van der Waals surface area contributed by atoms with Gasteiger partial charge in [0.05, 0.1) is 11.0 Å². The number of para-hydroxylation sites is 1. The first-order valence-corrected chi connectivity index (χ1v) is 10.9. The molecule has 29 heavy (non-hydrogen) atoms. The number of nitrogens with zero attached hydrogens (tertiary/aromatic N) is 1. The van der Waals surface area contributed by atoms with Gasteiger partial charge in [0, 0.05) is 16.5 Å². The first kappa shape index (κ1) is 19.8. The van der Waals surface area contributed by atoms with E-state index in [4.69, 9.17) is 0 Å². The normalized spacial score (nSPS) is 12.8. The second-order valence-electron chi connectivity index (χ2n) is 9.61. The van der Waals surface area contributed by atoms with Gasteiger partial charge >= 0.3 is 0 Å². The molecule has 1 aromatic heterocycles. The topological polar surface area (TPSA) is 4.93 Å². The largest absolute Gasteiger partial charge is 0.309 e. The molecular formula is C28H33N. The predicted octanol–water partition coefficient (Wildman–Crippen LogP) is 8.16. The van der Waals surface area contributed by atoms with Crippen LogP contribution in [-0.4, -0.2) is 4.57 Å². The summed E-state index contributed by atoms with van der Waals surface area (Å²) >= 11 is 0. The van der Waals surface area contributed by atoms with Crippen LogP contribution in [0.2, 0.25) is 0 Å². The molecule has 0 N–H and O–H groups in total. The second kappa shape index (κ2) is 7.06. The van der Waals surface area contributed by atoms with Gasteiger partial charge in [-0.05, 0) is 65.1 Å². The Kier molecular flexibility index (Phi) is 4.81. The molecule has 0 atom stereocenters. The molecule has 150 valence electrons. The van der Waals surface area contributed by atoms with Crippen LogP contribution in [0.1, 0.15) is 65.5 Å². The number of hydrogen-bond acceptors (Lipinski definition) is 0. The SMILES string of the molecule is CCC(C)(C)c1ccc2c(c1)c1ccc(C(C)(C)CC)cc1n2-c1ccccc1. The lowest BCUT2D eigenvalue weighted by Crippen LogP contribution is -2.15. The van der Waals surface area contributed by atoms with Gasteiger partial charge in [-0.15, -0.1) is 0 Å². The van der Waals surface area contributed by atoms with E-state index in [-0.39, 0.29) is 10.8 Å². The summed E-state index contributed by atoms with van der Waals surface area (Å²) < 4.78 is 2.43. The summed E-state index contributed by atoms with van der Waals surface area (Å²) in [5.41, 5.74) is 6.98. The van der Waals surface area contributed by atoms with E-state index >= 15 is 0 Å². The first-order chi connectivity index (χ1) is 13.8. The predicted molar refractivity (Wildman–Crippen MR) is 127 cm³/mol. The van der Waals surface area contributed by atoms with Crippen molar-refractivity contribution < 1.29 is 0 Å². The second-order valence-corrected chi connectivity index (χ2v) is 9.61. The molecule has 0 saturated carbocycles. The maximum atomic E-state index is 2.43.